The van der Waals surface area contributed by atoms with Gasteiger partial charge in [0.05, 0.1) is 11.2 Å². The van der Waals surface area contributed by atoms with E-state index in [1.165, 1.54) is 11.5 Å². The Morgan fingerprint density at radius 3 is 2.80 bits per heavy atom. The third kappa shape index (κ3) is 3.50. The fourth-order valence-corrected chi connectivity index (χ4v) is 3.62. The Hall–Kier alpha value is -0.680. The van der Waals surface area contributed by atoms with Gasteiger partial charge >= 0.3 is 0 Å². The molecule has 1 saturated carbocycles. The molecule has 1 aromatic heterocycles. The van der Waals surface area contributed by atoms with Crippen LogP contribution in [0.25, 0.3) is 0 Å². The lowest BCUT2D eigenvalue weighted by Crippen LogP contribution is -2.52. The molecule has 6 heteroatoms. The van der Waals surface area contributed by atoms with E-state index in [0.29, 0.717) is 10.8 Å². The molecule has 1 heterocycles. The highest BCUT2D eigenvalue weighted by Crippen LogP contribution is 2.33. The van der Waals surface area contributed by atoms with Crippen molar-refractivity contribution in [1.82, 2.24) is 14.9 Å². The molecular weight excluding hydrogens is 294 g/mol. The van der Waals surface area contributed by atoms with E-state index in [1.807, 2.05) is 0 Å². The van der Waals surface area contributed by atoms with Crippen LogP contribution in [0.5, 0.6) is 0 Å². The molecule has 0 unspecified atom stereocenters. The van der Waals surface area contributed by atoms with E-state index in [2.05, 4.69) is 28.8 Å². The Balaban J connectivity index is 2.07. The summed E-state index contributed by atoms with van der Waals surface area (Å²) in [5.41, 5.74) is 0.558. The number of rotatable bonds is 5. The Morgan fingerprint density at radius 1 is 1.50 bits per heavy atom. The lowest BCUT2D eigenvalue weighted by atomic mass is 9.78. The van der Waals surface area contributed by atoms with E-state index in [1.54, 1.807) is 0 Å². The number of nitrogens with one attached hydrogen (secondary N) is 1. The molecule has 112 valence electrons. The standard InChI is InChI=1S/C14H22ClN3OS/c1-3-4-11-12(20-18-17-11)13(19)16-14(9-15)7-5-10(2)6-8-14/h10H,3-9H2,1-2H3,(H,16,19). The van der Waals surface area contributed by atoms with Crippen molar-refractivity contribution >= 4 is 29.0 Å². The van der Waals surface area contributed by atoms with Gasteiger partial charge < -0.3 is 5.32 Å². The number of carbonyl (C=O) groups is 1. The summed E-state index contributed by atoms with van der Waals surface area (Å²) < 4.78 is 3.91. The largest absolute Gasteiger partial charge is 0.345 e. The van der Waals surface area contributed by atoms with Gasteiger partial charge in [-0.05, 0) is 49.6 Å². The first-order valence-corrected chi connectivity index (χ1v) is 8.60. The van der Waals surface area contributed by atoms with Crippen LogP contribution in [0.2, 0.25) is 0 Å². The minimum Gasteiger partial charge on any atom is -0.345 e. The Kier molecular flexibility index (Phi) is 5.38. The quantitative estimate of drug-likeness (QED) is 0.847. The SMILES string of the molecule is CCCc1nnsc1C(=O)NC1(CCl)CCC(C)CC1. The normalized spacial score (nSPS) is 26.4. The summed E-state index contributed by atoms with van der Waals surface area (Å²) in [6.07, 6.45) is 5.91. The highest BCUT2D eigenvalue weighted by molar-refractivity contribution is 7.08. The second-order valence-corrected chi connectivity index (χ2v) is 6.87. The Labute approximate surface area is 129 Å². The molecule has 1 amide bonds. The van der Waals surface area contributed by atoms with Crippen LogP contribution in [0, 0.1) is 5.92 Å². The van der Waals surface area contributed by atoms with Crippen molar-refractivity contribution in [2.24, 2.45) is 5.92 Å². The van der Waals surface area contributed by atoms with Gasteiger partial charge in [-0.1, -0.05) is 24.8 Å². The zero-order valence-corrected chi connectivity index (χ0v) is 13.7. The van der Waals surface area contributed by atoms with Gasteiger partial charge in [-0.2, -0.15) is 0 Å². The zero-order valence-electron chi connectivity index (χ0n) is 12.1. The third-order valence-corrected chi connectivity index (χ3v) is 5.39. The van der Waals surface area contributed by atoms with E-state index in [4.69, 9.17) is 11.6 Å². The smallest absolute Gasteiger partial charge is 0.265 e. The molecule has 0 aliphatic heterocycles. The lowest BCUT2D eigenvalue weighted by molar-refractivity contribution is 0.0875. The van der Waals surface area contributed by atoms with Gasteiger partial charge in [0.15, 0.2) is 0 Å². The van der Waals surface area contributed by atoms with Crippen molar-refractivity contribution in [3.05, 3.63) is 10.6 Å². The molecule has 0 bridgehead atoms. The minimum absolute atomic E-state index is 0.0568. The van der Waals surface area contributed by atoms with Gasteiger partial charge in [0.2, 0.25) is 0 Å². The van der Waals surface area contributed by atoms with Crippen molar-refractivity contribution < 1.29 is 4.79 Å². The van der Waals surface area contributed by atoms with E-state index in [-0.39, 0.29) is 11.4 Å². The maximum absolute atomic E-state index is 12.5. The maximum atomic E-state index is 12.5. The number of aromatic nitrogens is 2. The van der Waals surface area contributed by atoms with Crippen LogP contribution in [0.1, 0.15) is 61.3 Å². The highest BCUT2D eigenvalue weighted by atomic mass is 35.5. The number of amides is 1. The molecule has 0 aromatic carbocycles. The molecular formula is C14H22ClN3OS. The Bertz CT molecular complexity index is 455. The number of hydrogen-bond donors (Lipinski definition) is 1. The first-order chi connectivity index (χ1) is 9.60. The first kappa shape index (κ1) is 15.7. The summed E-state index contributed by atoms with van der Waals surface area (Å²) in [5, 5.41) is 7.22. The summed E-state index contributed by atoms with van der Waals surface area (Å²) in [7, 11) is 0. The van der Waals surface area contributed by atoms with Gasteiger partial charge in [-0.15, -0.1) is 16.7 Å². The molecule has 1 fully saturated rings. The van der Waals surface area contributed by atoms with E-state index in [0.717, 1.165) is 50.1 Å². The number of nitrogens with zero attached hydrogens (tertiary/aromatic N) is 2. The lowest BCUT2D eigenvalue weighted by Gasteiger charge is -2.38. The van der Waals surface area contributed by atoms with E-state index >= 15 is 0 Å². The second kappa shape index (κ2) is 6.85. The summed E-state index contributed by atoms with van der Waals surface area (Å²) >= 11 is 7.33. The van der Waals surface area contributed by atoms with Gasteiger partial charge in [0.1, 0.15) is 4.88 Å². The number of aryl methyl sites for hydroxylation is 1. The predicted molar refractivity (Wildman–Crippen MR) is 82.5 cm³/mol. The molecule has 2 rings (SSSR count). The monoisotopic (exact) mass is 315 g/mol. The van der Waals surface area contributed by atoms with Gasteiger partial charge in [-0.3, -0.25) is 4.79 Å². The summed E-state index contributed by atoms with van der Waals surface area (Å²) in [5.74, 6) is 1.14. The molecule has 0 radical (unpaired) electrons. The molecule has 1 aliphatic carbocycles. The van der Waals surface area contributed by atoms with Gasteiger partial charge in [-0.25, -0.2) is 0 Å². The molecule has 0 spiro atoms. The van der Waals surface area contributed by atoms with E-state index < -0.39 is 0 Å². The average molecular weight is 316 g/mol. The summed E-state index contributed by atoms with van der Waals surface area (Å²) in [6.45, 7) is 4.33. The highest BCUT2D eigenvalue weighted by Gasteiger charge is 2.35. The van der Waals surface area contributed by atoms with Gasteiger partial charge in [0, 0.05) is 5.88 Å². The molecule has 1 N–H and O–H groups in total. The van der Waals surface area contributed by atoms with Crippen LogP contribution in [0.15, 0.2) is 0 Å². The van der Waals surface area contributed by atoms with Crippen LogP contribution in [-0.4, -0.2) is 26.9 Å². The van der Waals surface area contributed by atoms with Crippen LogP contribution in [0.3, 0.4) is 0 Å². The molecule has 20 heavy (non-hydrogen) atoms. The van der Waals surface area contributed by atoms with Crippen LogP contribution < -0.4 is 5.32 Å². The number of halogens is 1. The topological polar surface area (TPSA) is 54.9 Å². The van der Waals surface area contributed by atoms with Crippen LogP contribution >= 0.6 is 23.1 Å². The minimum atomic E-state index is -0.251. The van der Waals surface area contributed by atoms with Crippen molar-refractivity contribution in [2.45, 2.75) is 57.9 Å². The molecule has 0 atom stereocenters. The van der Waals surface area contributed by atoms with Crippen molar-refractivity contribution in [3.63, 3.8) is 0 Å². The summed E-state index contributed by atoms with van der Waals surface area (Å²) in [6, 6.07) is 0. The number of hydrogen-bond acceptors (Lipinski definition) is 4. The average Bonchev–Trinajstić information content (AvgIpc) is 2.90. The zero-order chi connectivity index (χ0) is 14.6. The van der Waals surface area contributed by atoms with Crippen molar-refractivity contribution in [1.29, 1.82) is 0 Å². The summed E-state index contributed by atoms with van der Waals surface area (Å²) in [4.78, 5) is 13.1. The Morgan fingerprint density at radius 2 is 2.20 bits per heavy atom. The van der Waals surface area contributed by atoms with Crippen molar-refractivity contribution in [3.8, 4) is 0 Å². The number of carbonyl (C=O) groups excluding carboxylic acids is 1. The predicted octanol–water partition coefficient (Wildman–Crippen LogP) is 3.41. The maximum Gasteiger partial charge on any atom is 0.265 e. The number of alkyl halides is 1. The second-order valence-electron chi connectivity index (χ2n) is 5.85. The molecule has 4 nitrogen and oxygen atoms in total. The molecule has 0 saturated heterocycles. The third-order valence-electron chi connectivity index (χ3n) is 4.11. The van der Waals surface area contributed by atoms with Crippen LogP contribution in [0.4, 0.5) is 0 Å². The fraction of sp³-hybridized carbons (Fsp3) is 0.786. The van der Waals surface area contributed by atoms with Gasteiger partial charge in [0.25, 0.3) is 5.91 Å². The van der Waals surface area contributed by atoms with E-state index in [9.17, 15) is 4.79 Å². The van der Waals surface area contributed by atoms with Crippen molar-refractivity contribution in [2.75, 3.05) is 5.88 Å². The molecule has 1 aliphatic rings. The molecule has 1 aromatic rings. The first-order valence-electron chi connectivity index (χ1n) is 7.30. The fourth-order valence-electron chi connectivity index (χ4n) is 2.69. The van der Waals surface area contributed by atoms with Crippen LogP contribution in [-0.2, 0) is 6.42 Å².